The van der Waals surface area contributed by atoms with E-state index in [2.05, 4.69) is 41.6 Å². The molecule has 5 heteroatoms. The van der Waals surface area contributed by atoms with Gasteiger partial charge in [0.15, 0.2) is 0 Å². The Hall–Kier alpha value is -2.95. The largest absolute Gasteiger partial charge is 0.307 e. The van der Waals surface area contributed by atoms with Crippen molar-refractivity contribution in [2.75, 3.05) is 5.32 Å². The normalized spacial score (nSPS) is 10.7. The van der Waals surface area contributed by atoms with Gasteiger partial charge in [0.05, 0.1) is 12.7 Å². The van der Waals surface area contributed by atoms with Gasteiger partial charge in [0, 0.05) is 11.6 Å². The monoisotopic (exact) mass is 337 g/mol. The van der Waals surface area contributed by atoms with Gasteiger partial charge in [-0.3, -0.25) is 4.79 Å². The van der Waals surface area contributed by atoms with E-state index in [4.69, 9.17) is 0 Å². The summed E-state index contributed by atoms with van der Waals surface area (Å²) in [5.74, 6) is -0.176. The average molecular weight is 337 g/mol. The van der Waals surface area contributed by atoms with Crippen LogP contribution in [0.15, 0.2) is 54.7 Å². The highest BCUT2D eigenvalue weighted by molar-refractivity contribution is 6.03. The van der Waals surface area contributed by atoms with Crippen LogP contribution in [-0.4, -0.2) is 15.7 Å². The summed E-state index contributed by atoms with van der Waals surface area (Å²) in [5.41, 5.74) is 3.16. The predicted molar refractivity (Wildman–Crippen MR) is 96.2 cm³/mol. The first-order chi connectivity index (χ1) is 12.1. The highest BCUT2D eigenvalue weighted by atomic mass is 19.1. The van der Waals surface area contributed by atoms with Crippen molar-refractivity contribution in [1.82, 2.24) is 9.78 Å². The predicted octanol–water partition coefficient (Wildman–Crippen LogP) is 4.19. The third kappa shape index (κ3) is 3.94. The van der Waals surface area contributed by atoms with Crippen molar-refractivity contribution >= 4 is 11.7 Å². The van der Waals surface area contributed by atoms with Gasteiger partial charge in [-0.15, -0.1) is 0 Å². The van der Waals surface area contributed by atoms with Crippen LogP contribution >= 0.6 is 0 Å². The quantitative estimate of drug-likeness (QED) is 0.759. The first-order valence-corrected chi connectivity index (χ1v) is 8.24. The zero-order valence-electron chi connectivity index (χ0n) is 14.3. The molecule has 0 bridgehead atoms. The Bertz CT molecular complexity index is 884. The Balaban J connectivity index is 1.74. The van der Waals surface area contributed by atoms with Gasteiger partial charge >= 0.3 is 0 Å². The number of amides is 1. The minimum absolute atomic E-state index is 0.281. The highest BCUT2D eigenvalue weighted by Crippen LogP contribution is 2.14. The minimum Gasteiger partial charge on any atom is -0.307 e. The summed E-state index contributed by atoms with van der Waals surface area (Å²) in [6, 6.07) is 14.5. The molecule has 1 aromatic heterocycles. The molecule has 1 heterocycles. The van der Waals surface area contributed by atoms with Gasteiger partial charge in [0.2, 0.25) is 0 Å². The number of carbonyl (C=O) groups is 1. The molecule has 1 amide bonds. The second-order valence-corrected chi connectivity index (χ2v) is 5.96. The maximum Gasteiger partial charge on any atom is 0.256 e. The minimum atomic E-state index is -0.392. The summed E-state index contributed by atoms with van der Waals surface area (Å²) in [4.78, 5) is 12.3. The molecule has 0 spiro atoms. The Morgan fingerprint density at radius 3 is 2.52 bits per heavy atom. The third-order valence-corrected chi connectivity index (χ3v) is 4.16. The molecule has 0 aliphatic carbocycles. The van der Waals surface area contributed by atoms with Crippen LogP contribution in [0.2, 0.25) is 0 Å². The van der Waals surface area contributed by atoms with E-state index in [-0.39, 0.29) is 11.5 Å². The van der Waals surface area contributed by atoms with Crippen molar-refractivity contribution in [3.63, 3.8) is 0 Å². The van der Waals surface area contributed by atoms with Crippen molar-refractivity contribution in [1.29, 1.82) is 0 Å². The molecule has 3 rings (SSSR count). The van der Waals surface area contributed by atoms with E-state index < -0.39 is 5.82 Å². The maximum atomic E-state index is 13.6. The Kier molecular flexibility index (Phi) is 4.93. The molecule has 0 saturated heterocycles. The number of benzene rings is 2. The molecule has 0 aliphatic rings. The van der Waals surface area contributed by atoms with Gasteiger partial charge in [-0.2, -0.15) is 5.10 Å². The molecule has 25 heavy (non-hydrogen) atoms. The number of aryl methyl sites for hydroxylation is 2. The van der Waals surface area contributed by atoms with Crippen molar-refractivity contribution in [2.45, 2.75) is 26.8 Å². The second-order valence-electron chi connectivity index (χ2n) is 5.96. The standard InChI is InChI=1S/C20H20FN3O/c1-3-15-5-7-16(8-6-15)13-24-19(10-11-22-24)23-20(25)17-9-4-14(2)18(21)12-17/h4-12H,3,13H2,1-2H3,(H,23,25). The maximum absolute atomic E-state index is 13.6. The van der Waals surface area contributed by atoms with Crippen LogP contribution in [0.4, 0.5) is 10.2 Å². The molecule has 0 aliphatic heterocycles. The van der Waals surface area contributed by atoms with Gasteiger partial charge in [-0.25, -0.2) is 9.07 Å². The van der Waals surface area contributed by atoms with Gasteiger partial charge in [0.25, 0.3) is 5.91 Å². The van der Waals surface area contributed by atoms with Crippen molar-refractivity contribution < 1.29 is 9.18 Å². The molecule has 0 atom stereocenters. The summed E-state index contributed by atoms with van der Waals surface area (Å²) in [6.45, 7) is 4.33. The molecule has 0 unspecified atom stereocenters. The van der Waals surface area contributed by atoms with E-state index in [1.165, 1.54) is 11.6 Å². The summed E-state index contributed by atoms with van der Waals surface area (Å²) in [5, 5.41) is 7.05. The van der Waals surface area contributed by atoms with Gasteiger partial charge in [-0.1, -0.05) is 37.3 Å². The molecule has 0 saturated carbocycles. The lowest BCUT2D eigenvalue weighted by Gasteiger charge is -2.10. The number of anilines is 1. The Labute approximate surface area is 146 Å². The van der Waals surface area contributed by atoms with Gasteiger partial charge < -0.3 is 5.32 Å². The fourth-order valence-corrected chi connectivity index (χ4v) is 2.54. The number of halogens is 1. The van der Waals surface area contributed by atoms with Crippen molar-refractivity contribution in [2.24, 2.45) is 0 Å². The lowest BCUT2D eigenvalue weighted by molar-refractivity contribution is 0.102. The molecule has 0 fully saturated rings. The van der Waals surface area contributed by atoms with E-state index in [9.17, 15) is 9.18 Å². The number of aromatic nitrogens is 2. The highest BCUT2D eigenvalue weighted by Gasteiger charge is 2.11. The van der Waals surface area contributed by atoms with Gasteiger partial charge in [0.1, 0.15) is 11.6 Å². The van der Waals surface area contributed by atoms with Crippen molar-refractivity contribution in [3.8, 4) is 0 Å². The van der Waals surface area contributed by atoms with Crippen molar-refractivity contribution in [3.05, 3.63) is 82.8 Å². The topological polar surface area (TPSA) is 46.9 Å². The molecule has 3 aromatic rings. The smallest absolute Gasteiger partial charge is 0.256 e. The zero-order chi connectivity index (χ0) is 17.8. The van der Waals surface area contributed by atoms with Crippen LogP contribution in [0.3, 0.4) is 0 Å². The van der Waals surface area contributed by atoms with E-state index in [1.54, 1.807) is 36.0 Å². The fourth-order valence-electron chi connectivity index (χ4n) is 2.54. The summed E-state index contributed by atoms with van der Waals surface area (Å²) in [7, 11) is 0. The van der Waals surface area contributed by atoms with E-state index in [1.807, 2.05) is 0 Å². The number of hydrogen-bond acceptors (Lipinski definition) is 2. The first kappa shape index (κ1) is 16.9. The summed E-state index contributed by atoms with van der Waals surface area (Å²) in [6.07, 6.45) is 2.63. The fraction of sp³-hybridized carbons (Fsp3) is 0.200. The second kappa shape index (κ2) is 7.30. The third-order valence-electron chi connectivity index (χ3n) is 4.16. The average Bonchev–Trinajstić information content (AvgIpc) is 3.04. The number of carbonyl (C=O) groups excluding carboxylic acids is 1. The van der Waals surface area contributed by atoms with E-state index in [0.717, 1.165) is 12.0 Å². The zero-order valence-corrected chi connectivity index (χ0v) is 14.3. The van der Waals surface area contributed by atoms with Crippen LogP contribution in [0, 0.1) is 12.7 Å². The molecule has 1 N–H and O–H groups in total. The van der Waals surface area contributed by atoms with Gasteiger partial charge in [-0.05, 0) is 42.2 Å². The molecule has 128 valence electrons. The molecule has 4 nitrogen and oxygen atoms in total. The number of nitrogens with one attached hydrogen (secondary N) is 1. The Morgan fingerprint density at radius 2 is 1.84 bits per heavy atom. The van der Waals surface area contributed by atoms with Crippen LogP contribution in [0.5, 0.6) is 0 Å². The molecular formula is C20H20FN3O. The lowest BCUT2D eigenvalue weighted by Crippen LogP contribution is -2.16. The van der Waals surface area contributed by atoms with Crippen LogP contribution < -0.4 is 5.32 Å². The van der Waals surface area contributed by atoms with Crippen LogP contribution in [-0.2, 0) is 13.0 Å². The first-order valence-electron chi connectivity index (χ1n) is 8.24. The summed E-state index contributed by atoms with van der Waals surface area (Å²) < 4.78 is 15.4. The molecule has 0 radical (unpaired) electrons. The van der Waals surface area contributed by atoms with E-state index in [0.29, 0.717) is 17.9 Å². The number of hydrogen-bond donors (Lipinski definition) is 1. The van der Waals surface area contributed by atoms with Crippen LogP contribution in [0.25, 0.3) is 0 Å². The summed E-state index contributed by atoms with van der Waals surface area (Å²) >= 11 is 0. The van der Waals surface area contributed by atoms with Crippen LogP contribution in [0.1, 0.15) is 34.0 Å². The molecule has 2 aromatic carbocycles. The number of nitrogens with zero attached hydrogens (tertiary/aromatic N) is 2. The SMILES string of the molecule is CCc1ccc(Cn2nccc2NC(=O)c2ccc(C)c(F)c2)cc1. The molecular weight excluding hydrogens is 317 g/mol. The van der Waals surface area contributed by atoms with E-state index >= 15 is 0 Å². The number of rotatable bonds is 5. The lowest BCUT2D eigenvalue weighted by atomic mass is 10.1. The Morgan fingerprint density at radius 1 is 1.12 bits per heavy atom.